The summed E-state index contributed by atoms with van der Waals surface area (Å²) in [5.41, 5.74) is 18.4. The van der Waals surface area contributed by atoms with Gasteiger partial charge in [-0.1, -0.05) is 149 Å². The van der Waals surface area contributed by atoms with E-state index in [9.17, 15) is 30.3 Å². The summed E-state index contributed by atoms with van der Waals surface area (Å²) in [6.45, 7) is 1.09. The Labute approximate surface area is 623 Å². The molecule has 4 saturated carbocycles. The lowest BCUT2D eigenvalue weighted by molar-refractivity contribution is -0.141. The van der Waals surface area contributed by atoms with Crippen LogP contribution in [0.2, 0.25) is 0 Å². The topological polar surface area (TPSA) is 226 Å². The molecule has 5 aromatic rings. The number of nitrogens with two attached hydrogens (primary N) is 1. The van der Waals surface area contributed by atoms with Gasteiger partial charge in [0.2, 0.25) is 0 Å². The van der Waals surface area contributed by atoms with Crippen LogP contribution in [0.15, 0.2) is 114 Å². The molecule has 1 saturated heterocycles. The fourth-order valence-corrected chi connectivity index (χ4v) is 27.0. The minimum absolute atomic E-state index is 0.0224. The Kier molecular flexibility index (Phi) is 17.3. The number of benzene rings is 5. The summed E-state index contributed by atoms with van der Waals surface area (Å²) < 4.78 is 35.6. The fourth-order valence-electron chi connectivity index (χ4n) is 23.8. The van der Waals surface area contributed by atoms with E-state index < -0.39 is 70.7 Å². The predicted octanol–water partition coefficient (Wildman–Crippen LogP) is 12.9. The van der Waals surface area contributed by atoms with Crippen LogP contribution in [0.1, 0.15) is 188 Å². The van der Waals surface area contributed by atoms with Gasteiger partial charge in [0, 0.05) is 124 Å². The van der Waals surface area contributed by atoms with Crippen LogP contribution >= 0.6 is 21.6 Å². The van der Waals surface area contributed by atoms with Gasteiger partial charge in [0.15, 0.2) is 18.3 Å². The Bertz CT molecular complexity index is 4650. The van der Waals surface area contributed by atoms with E-state index in [0.717, 1.165) is 102 Å². The molecule has 10 N–H and O–H groups in total. The number of aromatic hydroxyl groups is 2. The molecule has 14 aliphatic rings. The summed E-state index contributed by atoms with van der Waals surface area (Å²) in [5, 5.41) is 76.6. The van der Waals surface area contributed by atoms with Gasteiger partial charge in [-0.05, 0) is 171 Å². The largest absolute Gasteiger partial charge is 0.508 e. The van der Waals surface area contributed by atoms with Crippen LogP contribution in [-0.2, 0) is 50.9 Å². The molecular weight excluding hydrogens is 1350 g/mol. The molecule has 6 heterocycles. The van der Waals surface area contributed by atoms with Gasteiger partial charge >= 0.3 is 5.97 Å². The van der Waals surface area contributed by atoms with Crippen molar-refractivity contribution in [3.8, 4) is 63.6 Å². The number of hydrogen-bond acceptors (Lipinski definition) is 17. The number of carbonyl (C=O) groups excluding carboxylic acids is 1. The first-order chi connectivity index (χ1) is 51.2. The van der Waals surface area contributed by atoms with Gasteiger partial charge in [-0.2, -0.15) is 0 Å². The second-order valence-corrected chi connectivity index (χ2v) is 35.8. The number of rotatable bonds is 9. The van der Waals surface area contributed by atoms with Gasteiger partial charge in [-0.15, -0.1) is 0 Å². The highest BCUT2D eigenvalue weighted by Gasteiger charge is 2.72. The molecular formula is C88H96N4O11S2. The molecule has 6 aliphatic heterocycles. The predicted molar refractivity (Wildman–Crippen MR) is 408 cm³/mol. The minimum Gasteiger partial charge on any atom is -0.508 e. The Morgan fingerprint density at radius 2 is 1.71 bits per heavy atom. The van der Waals surface area contributed by atoms with Crippen molar-refractivity contribution in [3.63, 3.8) is 0 Å². The second-order valence-electron chi connectivity index (χ2n) is 33.2. The smallest absolute Gasteiger partial charge is 0.302 e. The average molecular weight is 1450 g/mol. The van der Waals surface area contributed by atoms with Crippen molar-refractivity contribution >= 4 is 33.6 Å². The van der Waals surface area contributed by atoms with Crippen LogP contribution in [-0.4, -0.2) is 112 Å². The van der Waals surface area contributed by atoms with E-state index in [1.807, 2.05) is 27.7 Å². The number of dihydropyridines is 1. The van der Waals surface area contributed by atoms with Crippen molar-refractivity contribution in [1.82, 2.24) is 16.0 Å². The number of esters is 1. The number of ether oxygens (including phenoxy) is 5. The lowest BCUT2D eigenvalue weighted by Gasteiger charge is -2.63. The SMILES string of the molecule is COC[C@@H]1[C@H](CO)[C@H]2CCCc3ccc4cc3C[C@@H]1C#C[C@H]1C#CC3=C(C=CC(N)N3)[C@@H]3[C@]56CC[C@@]7(C5)c5c(ccc8c5O[C@H](c5c9c(c(O)c(c51)CN2)O[C@H]1[C@@H](C=C9)N[C@H]2CCC[C@@H](CSS[C@@H]1Cc1ccccc1)C2)[C@H]8COC(C)=O)-c1c(OCO)cc(O)cc1[C@@H]7CCC6=C[C@@]1(O)CCCC[C@]431. The first-order valence-electron chi connectivity index (χ1n) is 39.0. The van der Waals surface area contributed by atoms with Gasteiger partial charge < -0.3 is 70.9 Å². The number of methoxy groups -OCH3 is 1. The maximum absolute atomic E-state index is 14.8. The molecule has 0 amide bonds. The molecule has 17 heteroatoms. The van der Waals surface area contributed by atoms with E-state index >= 15 is 0 Å². The third-order valence-corrected chi connectivity index (χ3v) is 31.0. The molecule has 19 atom stereocenters. The lowest BCUT2D eigenvalue weighted by Crippen LogP contribution is -2.64. The second kappa shape index (κ2) is 26.6. The lowest BCUT2D eigenvalue weighted by atomic mass is 9.41. The number of hydrogen-bond donors (Lipinski definition) is 9. The van der Waals surface area contributed by atoms with E-state index in [1.54, 1.807) is 13.2 Å². The first kappa shape index (κ1) is 68.4. The van der Waals surface area contributed by atoms with Gasteiger partial charge in [-0.25, -0.2) is 0 Å². The summed E-state index contributed by atoms with van der Waals surface area (Å²) in [6, 6.07) is 25.5. The Balaban J connectivity index is 0.973. The van der Waals surface area contributed by atoms with Crippen molar-refractivity contribution < 1.29 is 54.0 Å². The van der Waals surface area contributed by atoms with Crippen LogP contribution in [0.4, 0.5) is 0 Å². The number of nitrogens with one attached hydrogen (secondary N) is 3. The van der Waals surface area contributed by atoms with Crippen LogP contribution in [0, 0.1) is 58.7 Å². The molecule has 5 aromatic carbocycles. The first-order valence-corrected chi connectivity index (χ1v) is 41.4. The number of fused-ring (bicyclic) bond motifs is 13. The zero-order valence-electron chi connectivity index (χ0n) is 60.0. The van der Waals surface area contributed by atoms with Crippen molar-refractivity contribution in [2.45, 2.75) is 205 Å². The van der Waals surface area contributed by atoms with Gasteiger partial charge in [0.05, 0.1) is 41.3 Å². The standard InChI is InChI=1S/C88H96N4O11S2/c1-48(95)100-44-67-59-22-23-61-76-63(38-58(96)39-72(76)101-47-94)68-26-21-56-40-87(98)30-6-7-31-88(87)55-20-18-51-13-9-15-69-65(42-93)66(43-99-2)53(36-54(51)37-55)17-16-52-19-27-70-60(25-29-74(89)92-70)84(88)85(56)32-33-86(68,46-85)78(61)81(59)102-80(67)77-62-24-28-71-83(103-82(62)79(97)64(41-90-69)75(52)77)73(35-49-10-4-3-5-11-49)105-104-45-50-12-8-14-57(34-50)91-71/h3-5,10-11,18,20,22-25,28-29,37-40,50,52-53,57,65-69,71,73-74,80,83-84,90-94,96-98H,6-9,12-15,21,26,30-36,41-47,89H2,1-2H3/t50-,52+,53+,57+,65+,66+,67+,68+,69-,71-,73-,74?,80+,83+,84-,85-,86+,87+,88+/m1/s1. The van der Waals surface area contributed by atoms with Crippen molar-refractivity contribution in [3.05, 3.63) is 175 Å². The third-order valence-electron chi connectivity index (χ3n) is 28.0. The van der Waals surface area contributed by atoms with Crippen molar-refractivity contribution in [1.29, 1.82) is 0 Å². The van der Waals surface area contributed by atoms with Crippen LogP contribution < -0.4 is 35.9 Å². The summed E-state index contributed by atoms with van der Waals surface area (Å²) in [7, 11) is 5.59. The molecule has 0 aromatic heterocycles. The van der Waals surface area contributed by atoms with Crippen LogP contribution in [0.3, 0.4) is 0 Å². The van der Waals surface area contributed by atoms with E-state index in [0.29, 0.717) is 110 Å². The molecule has 8 aliphatic carbocycles. The molecule has 12 bridgehead atoms. The summed E-state index contributed by atoms with van der Waals surface area (Å²) in [6.07, 6.45) is 23.5. The molecule has 1 unspecified atom stereocenters. The normalized spacial score (nSPS) is 35.8. The van der Waals surface area contributed by atoms with E-state index in [-0.39, 0.29) is 78.3 Å². The van der Waals surface area contributed by atoms with Gasteiger partial charge in [-0.3, -0.25) is 4.79 Å². The molecule has 3 spiro atoms. The highest BCUT2D eigenvalue weighted by molar-refractivity contribution is 8.77. The van der Waals surface area contributed by atoms with E-state index in [1.165, 1.54) is 35.6 Å². The molecule has 546 valence electrons. The number of allylic oxidation sites excluding steroid dienone is 4. The molecule has 0 radical (unpaired) electrons. The van der Waals surface area contributed by atoms with Crippen molar-refractivity contribution in [2.24, 2.45) is 40.7 Å². The molecule has 15 nitrogen and oxygen atoms in total. The third kappa shape index (κ3) is 10.8. The highest BCUT2D eigenvalue weighted by Crippen LogP contribution is 2.78. The van der Waals surface area contributed by atoms with Gasteiger partial charge in [0.25, 0.3) is 0 Å². The molecule has 105 heavy (non-hydrogen) atoms. The number of aliphatic hydroxyl groups excluding tert-OH is 2. The van der Waals surface area contributed by atoms with Crippen LogP contribution in [0.5, 0.6) is 28.7 Å². The number of phenolic OH excluding ortho intramolecular Hbond substituents is 2. The summed E-state index contributed by atoms with van der Waals surface area (Å²) in [4.78, 5) is 13.9. The Hall–Kier alpha value is -7.13. The molecule has 19 rings (SSSR count). The molecule has 5 fully saturated rings. The number of aliphatic hydroxyl groups is 3. The van der Waals surface area contributed by atoms with Crippen LogP contribution in [0.25, 0.3) is 17.2 Å². The zero-order chi connectivity index (χ0) is 71.3. The van der Waals surface area contributed by atoms with E-state index in [4.69, 9.17) is 29.4 Å². The fraction of sp³-hybridized carbons (Fsp3) is 0.511. The maximum Gasteiger partial charge on any atom is 0.302 e. The van der Waals surface area contributed by atoms with Gasteiger partial charge in [0.1, 0.15) is 42.0 Å². The van der Waals surface area contributed by atoms with E-state index in [2.05, 4.69) is 131 Å². The quantitative estimate of drug-likeness (QED) is 0.0220. The number of phenols is 2. The minimum atomic E-state index is -1.33. The Morgan fingerprint density at radius 3 is 2.57 bits per heavy atom. The van der Waals surface area contributed by atoms with Crippen molar-refractivity contribution in [2.75, 3.05) is 39.5 Å². The number of carbonyl (C=O) groups is 1. The Morgan fingerprint density at radius 1 is 0.838 bits per heavy atom. The maximum atomic E-state index is 14.8. The highest BCUT2D eigenvalue weighted by atomic mass is 33.1. The zero-order valence-corrected chi connectivity index (χ0v) is 61.7. The number of aryl methyl sites for hydroxylation is 1. The average Bonchev–Trinajstić information content (AvgIpc) is 1.55. The summed E-state index contributed by atoms with van der Waals surface area (Å²) in [5.74, 6) is 15.3. The summed E-state index contributed by atoms with van der Waals surface area (Å²) >= 11 is 0. The monoisotopic (exact) mass is 1450 g/mol.